The van der Waals surface area contributed by atoms with E-state index >= 15 is 0 Å². The zero-order valence-electron chi connectivity index (χ0n) is 15.5. The molecule has 3 amide bonds. The van der Waals surface area contributed by atoms with Gasteiger partial charge < -0.3 is 24.8 Å². The molecule has 4 N–H and O–H groups in total. The number of benzene rings is 1. The Morgan fingerprint density at radius 3 is 2.52 bits per heavy atom. The first kappa shape index (κ1) is 18.8. The topological polar surface area (TPSA) is 132 Å². The molecule has 0 spiro atoms. The fourth-order valence-corrected chi connectivity index (χ4v) is 3.91. The molecule has 1 aromatic heterocycles. The van der Waals surface area contributed by atoms with Gasteiger partial charge in [-0.15, -0.1) is 0 Å². The summed E-state index contributed by atoms with van der Waals surface area (Å²) in [6.45, 7) is 1.53. The highest BCUT2D eigenvalue weighted by molar-refractivity contribution is 6.06. The average Bonchev–Trinajstić information content (AvgIpc) is 3.27. The van der Waals surface area contributed by atoms with Crippen LogP contribution in [0.3, 0.4) is 0 Å². The maximum Gasteiger partial charge on any atom is 0.352 e. The van der Waals surface area contributed by atoms with Gasteiger partial charge >= 0.3 is 12.0 Å². The molecule has 0 aliphatic carbocycles. The highest BCUT2D eigenvalue weighted by atomic mass is 16.4. The monoisotopic (exact) mass is 397 g/mol. The van der Waals surface area contributed by atoms with Gasteiger partial charge in [0.2, 0.25) is 11.8 Å². The van der Waals surface area contributed by atoms with E-state index in [-0.39, 0.29) is 17.6 Å². The number of amides is 3. The first-order valence-electron chi connectivity index (χ1n) is 9.06. The predicted octanol–water partition coefficient (Wildman–Crippen LogP) is 2.33. The average molecular weight is 397 g/mol. The zero-order valence-corrected chi connectivity index (χ0v) is 15.5. The number of carboxylic acid groups (broad SMARTS) is 1. The van der Waals surface area contributed by atoms with Crippen LogP contribution in [-0.2, 0) is 9.59 Å². The molecule has 2 aliphatic heterocycles. The van der Waals surface area contributed by atoms with E-state index in [9.17, 15) is 24.6 Å². The number of urea groups is 1. The van der Waals surface area contributed by atoms with E-state index in [0.717, 1.165) is 0 Å². The number of carboxylic acids is 1. The van der Waals surface area contributed by atoms with Crippen LogP contribution in [0.1, 0.15) is 18.9 Å². The normalized spacial score (nSPS) is 21.4. The molecule has 0 bridgehead atoms. The van der Waals surface area contributed by atoms with Crippen molar-refractivity contribution in [3.8, 4) is 0 Å². The van der Waals surface area contributed by atoms with Crippen molar-refractivity contribution >= 4 is 35.1 Å². The van der Waals surface area contributed by atoms with Crippen molar-refractivity contribution in [2.45, 2.75) is 25.5 Å². The minimum atomic E-state index is -1.18. The highest BCUT2D eigenvalue weighted by Crippen LogP contribution is 2.46. The summed E-state index contributed by atoms with van der Waals surface area (Å²) in [6, 6.07) is 9.10. The van der Waals surface area contributed by atoms with Crippen LogP contribution in [0.25, 0.3) is 5.57 Å². The zero-order chi connectivity index (χ0) is 20.7. The molecule has 1 saturated heterocycles. The van der Waals surface area contributed by atoms with Crippen LogP contribution in [0.15, 0.2) is 52.8 Å². The van der Waals surface area contributed by atoms with Gasteiger partial charge in [-0.05, 0) is 42.7 Å². The molecule has 4 rings (SSSR count). The number of fused-ring (bicyclic) bond motifs is 1. The highest BCUT2D eigenvalue weighted by Gasteiger charge is 2.56. The number of hydrogen-bond acceptors (Lipinski definition) is 5. The third-order valence-electron chi connectivity index (χ3n) is 5.18. The molecule has 1 aromatic carbocycles. The Morgan fingerprint density at radius 2 is 1.93 bits per heavy atom. The lowest BCUT2D eigenvalue weighted by molar-refractivity contribution is -0.161. The van der Waals surface area contributed by atoms with Gasteiger partial charge in [0, 0.05) is 11.8 Å². The van der Waals surface area contributed by atoms with Gasteiger partial charge in [-0.2, -0.15) is 0 Å². The second kappa shape index (κ2) is 7.10. The second-order valence-corrected chi connectivity index (χ2v) is 7.01. The minimum absolute atomic E-state index is 0.0480. The smallest absolute Gasteiger partial charge is 0.352 e. The largest absolute Gasteiger partial charge is 0.477 e. The first-order chi connectivity index (χ1) is 13.9. The van der Waals surface area contributed by atoms with Crippen LogP contribution in [-0.4, -0.2) is 45.2 Å². The third-order valence-corrected chi connectivity index (χ3v) is 5.18. The van der Waals surface area contributed by atoms with Crippen molar-refractivity contribution in [2.75, 3.05) is 10.6 Å². The van der Waals surface area contributed by atoms with E-state index in [2.05, 4.69) is 10.6 Å². The molecule has 3 atom stereocenters. The lowest BCUT2D eigenvalue weighted by Gasteiger charge is -2.44. The summed E-state index contributed by atoms with van der Waals surface area (Å²) in [5.41, 5.74) is 1.64. The molecule has 0 radical (unpaired) electrons. The first-order valence-corrected chi connectivity index (χ1v) is 9.06. The lowest BCUT2D eigenvalue weighted by atomic mass is 9.82. The fraction of sp³-hybridized carbons (Fsp3) is 0.250. The second-order valence-electron chi connectivity index (χ2n) is 7.01. The van der Waals surface area contributed by atoms with Crippen molar-refractivity contribution in [3.05, 3.63) is 53.9 Å². The van der Waals surface area contributed by atoms with Crippen molar-refractivity contribution in [3.63, 3.8) is 0 Å². The number of carbonyl (C=O) groups excluding carboxylic acids is 2. The Morgan fingerprint density at radius 1 is 1.21 bits per heavy atom. The summed E-state index contributed by atoms with van der Waals surface area (Å²) in [6.07, 6.45) is 0.960. The van der Waals surface area contributed by atoms with E-state index in [1.54, 1.807) is 36.4 Å². The fourth-order valence-electron chi connectivity index (χ4n) is 3.91. The standard InChI is InChI=1S/C20H19N3O6/c1-10(24)16-14-9-13(17(19(26)27)23(14)18(16)25)11-4-6-12(7-5-11)21-20(28)22-15-3-2-8-29-15/h2-8,10,14,16,24H,9H2,1H3,(H,26,27)(H2,21,22,28)/t10-,14-,16-/m1/s1. The van der Waals surface area contributed by atoms with E-state index in [4.69, 9.17) is 4.42 Å². The minimum Gasteiger partial charge on any atom is -0.477 e. The van der Waals surface area contributed by atoms with Gasteiger partial charge in [0.1, 0.15) is 5.70 Å². The summed E-state index contributed by atoms with van der Waals surface area (Å²) in [5.74, 6) is -1.83. The van der Waals surface area contributed by atoms with Gasteiger partial charge in [-0.1, -0.05) is 12.1 Å². The number of anilines is 2. The number of aliphatic hydroxyl groups is 1. The van der Waals surface area contributed by atoms with Gasteiger partial charge in [0.15, 0.2) is 0 Å². The number of carbonyl (C=O) groups is 3. The molecule has 1 fully saturated rings. The number of hydrogen-bond donors (Lipinski definition) is 4. The number of β-lactam (4-membered cyclic amide) rings is 1. The lowest BCUT2D eigenvalue weighted by Crippen LogP contribution is -2.61. The van der Waals surface area contributed by atoms with Crippen LogP contribution < -0.4 is 10.6 Å². The maximum absolute atomic E-state index is 12.3. The number of aliphatic hydroxyl groups excluding tert-OH is 1. The van der Waals surface area contributed by atoms with E-state index in [0.29, 0.717) is 29.1 Å². The number of nitrogens with one attached hydrogen (secondary N) is 2. The Balaban J connectivity index is 1.52. The predicted molar refractivity (Wildman–Crippen MR) is 103 cm³/mol. The van der Waals surface area contributed by atoms with E-state index < -0.39 is 24.0 Å². The Hall–Kier alpha value is -3.59. The molecule has 0 saturated carbocycles. The van der Waals surface area contributed by atoms with Crippen LogP contribution in [0.4, 0.5) is 16.4 Å². The van der Waals surface area contributed by atoms with E-state index in [1.807, 2.05) is 0 Å². The summed E-state index contributed by atoms with van der Waals surface area (Å²) in [7, 11) is 0. The van der Waals surface area contributed by atoms with Gasteiger partial charge in [0.05, 0.1) is 24.3 Å². The van der Waals surface area contributed by atoms with Crippen LogP contribution in [0, 0.1) is 5.92 Å². The van der Waals surface area contributed by atoms with Gasteiger partial charge in [0.25, 0.3) is 0 Å². The van der Waals surface area contributed by atoms with Gasteiger partial charge in [-0.3, -0.25) is 10.1 Å². The summed E-state index contributed by atoms with van der Waals surface area (Å²) >= 11 is 0. The van der Waals surface area contributed by atoms with Crippen molar-refractivity contribution in [2.24, 2.45) is 5.92 Å². The van der Waals surface area contributed by atoms with Crippen molar-refractivity contribution in [1.82, 2.24) is 4.90 Å². The summed E-state index contributed by atoms with van der Waals surface area (Å²) < 4.78 is 5.04. The molecule has 0 unspecified atom stereocenters. The Labute approximate surface area is 165 Å². The van der Waals surface area contributed by atoms with Crippen molar-refractivity contribution < 1.29 is 29.0 Å². The van der Waals surface area contributed by atoms with Gasteiger partial charge in [-0.25, -0.2) is 9.59 Å². The molecule has 9 heteroatoms. The molecule has 9 nitrogen and oxygen atoms in total. The summed E-state index contributed by atoms with van der Waals surface area (Å²) in [5, 5.41) is 24.6. The van der Waals surface area contributed by atoms with Crippen LogP contribution >= 0.6 is 0 Å². The molecular formula is C20H19N3O6. The van der Waals surface area contributed by atoms with Crippen molar-refractivity contribution in [1.29, 1.82) is 0 Å². The third kappa shape index (κ3) is 3.25. The number of rotatable bonds is 5. The van der Waals surface area contributed by atoms with E-state index in [1.165, 1.54) is 18.1 Å². The molecule has 150 valence electrons. The number of aliphatic carboxylic acids is 1. The molecule has 2 aliphatic rings. The Kier molecular flexibility index (Phi) is 4.59. The molecule has 29 heavy (non-hydrogen) atoms. The van der Waals surface area contributed by atoms with Crippen LogP contribution in [0.2, 0.25) is 0 Å². The molecular weight excluding hydrogens is 378 g/mol. The SMILES string of the molecule is C[C@@H](O)[C@H]1C(=O)N2C(C(=O)O)=C(c3ccc(NC(=O)Nc4ccco4)cc3)C[C@H]12. The number of furan rings is 1. The summed E-state index contributed by atoms with van der Waals surface area (Å²) in [4.78, 5) is 37.3. The Bertz CT molecular complexity index is 994. The van der Waals surface area contributed by atoms with Crippen LogP contribution in [0.5, 0.6) is 0 Å². The molecule has 2 aromatic rings. The quantitative estimate of drug-likeness (QED) is 0.573. The maximum atomic E-state index is 12.3. The number of nitrogens with zero attached hydrogens (tertiary/aromatic N) is 1. The molecule has 3 heterocycles.